The molecule has 5 unspecified atom stereocenters. The lowest BCUT2D eigenvalue weighted by Gasteiger charge is -2.32. The Hall–Kier alpha value is -1.38. The predicted molar refractivity (Wildman–Crippen MR) is 70.4 cm³/mol. The van der Waals surface area contributed by atoms with E-state index >= 15 is 0 Å². The fourth-order valence-electron chi connectivity index (χ4n) is 4.24. The summed E-state index contributed by atoms with van der Waals surface area (Å²) in [5.74, 6) is 3.16. The third-order valence-corrected chi connectivity index (χ3v) is 5.45. The number of fused-ring (bicyclic) bond motifs is 2. The molecule has 3 rings (SSSR count). The maximum absolute atomic E-state index is 14.2. The number of benzene rings is 1. The van der Waals surface area contributed by atoms with Gasteiger partial charge >= 0.3 is 0 Å². The van der Waals surface area contributed by atoms with Crippen molar-refractivity contribution in [3.8, 4) is 5.75 Å². The molecule has 1 aromatic rings. The Bertz CT molecular complexity index is 498. The Kier molecular flexibility index (Phi) is 3.08. The van der Waals surface area contributed by atoms with Crippen molar-refractivity contribution in [2.45, 2.75) is 32.6 Å². The predicted octanol–water partition coefficient (Wildman–Crippen LogP) is 3.76. The molecule has 102 valence electrons. The first kappa shape index (κ1) is 12.6. The molecule has 0 N–H and O–H groups in total. The van der Waals surface area contributed by atoms with Gasteiger partial charge in [-0.1, -0.05) is 19.9 Å². The summed E-state index contributed by atoms with van der Waals surface area (Å²) in [5.41, 5.74) is 0.796. The van der Waals surface area contributed by atoms with Crippen LogP contribution < -0.4 is 4.74 Å². The SMILES string of the molecule is CC1C2CC(c3ccc(OC=O)cc3F)C(C2)C1C. The lowest BCUT2D eigenvalue weighted by atomic mass is 9.73. The molecule has 0 aromatic heterocycles. The van der Waals surface area contributed by atoms with Crippen LogP contribution in [-0.2, 0) is 4.79 Å². The lowest BCUT2D eigenvalue weighted by Crippen LogP contribution is -2.23. The third-order valence-electron chi connectivity index (χ3n) is 5.45. The van der Waals surface area contributed by atoms with Gasteiger partial charge in [0.15, 0.2) is 0 Å². The fourth-order valence-corrected chi connectivity index (χ4v) is 4.24. The zero-order valence-electron chi connectivity index (χ0n) is 11.3. The van der Waals surface area contributed by atoms with Crippen molar-refractivity contribution >= 4 is 6.47 Å². The molecule has 3 heteroatoms. The van der Waals surface area contributed by atoms with Crippen molar-refractivity contribution in [2.24, 2.45) is 23.7 Å². The zero-order chi connectivity index (χ0) is 13.6. The molecule has 2 fully saturated rings. The van der Waals surface area contributed by atoms with Gasteiger partial charge in [0.1, 0.15) is 11.6 Å². The maximum Gasteiger partial charge on any atom is 0.298 e. The molecule has 1 aromatic carbocycles. The van der Waals surface area contributed by atoms with Crippen LogP contribution in [0.4, 0.5) is 4.39 Å². The second kappa shape index (κ2) is 4.62. The van der Waals surface area contributed by atoms with Crippen molar-refractivity contribution in [2.75, 3.05) is 0 Å². The summed E-state index contributed by atoms with van der Waals surface area (Å²) in [6.45, 7) is 4.95. The van der Waals surface area contributed by atoms with Gasteiger partial charge in [-0.3, -0.25) is 4.79 Å². The molecule has 2 nitrogen and oxygen atoms in total. The number of halogens is 1. The van der Waals surface area contributed by atoms with E-state index in [2.05, 4.69) is 18.6 Å². The standard InChI is InChI=1S/C16H19FO2/c1-9-10(2)14-5-11(9)6-15(14)13-4-3-12(19-8-18)7-16(13)17/h3-4,7-11,14-15H,5-6H2,1-2H3. The molecule has 2 bridgehead atoms. The normalized spacial score (nSPS) is 36.5. The number of hydrogen-bond donors (Lipinski definition) is 0. The van der Waals surface area contributed by atoms with Gasteiger partial charge in [-0.2, -0.15) is 0 Å². The molecule has 0 amide bonds. The molecule has 5 atom stereocenters. The molecule has 0 radical (unpaired) electrons. The number of hydrogen-bond acceptors (Lipinski definition) is 2. The van der Waals surface area contributed by atoms with E-state index in [-0.39, 0.29) is 11.6 Å². The van der Waals surface area contributed by atoms with Crippen LogP contribution in [0.15, 0.2) is 18.2 Å². The van der Waals surface area contributed by atoms with Crippen molar-refractivity contribution < 1.29 is 13.9 Å². The average molecular weight is 262 g/mol. The quantitative estimate of drug-likeness (QED) is 0.775. The first-order chi connectivity index (χ1) is 9.11. The van der Waals surface area contributed by atoms with Crippen LogP contribution in [0.5, 0.6) is 5.75 Å². The summed E-state index contributed by atoms with van der Waals surface area (Å²) >= 11 is 0. The number of carbonyl (C=O) groups excluding carboxylic acids is 1. The Morgan fingerprint density at radius 2 is 2.05 bits per heavy atom. The summed E-state index contributed by atoms with van der Waals surface area (Å²) in [4.78, 5) is 10.3. The summed E-state index contributed by atoms with van der Waals surface area (Å²) in [6.07, 6.45) is 2.33. The van der Waals surface area contributed by atoms with Crippen LogP contribution >= 0.6 is 0 Å². The first-order valence-corrected chi connectivity index (χ1v) is 7.01. The highest BCUT2D eigenvalue weighted by atomic mass is 19.1. The van der Waals surface area contributed by atoms with E-state index in [1.165, 1.54) is 12.5 Å². The number of carbonyl (C=O) groups is 1. The van der Waals surface area contributed by atoms with E-state index in [0.29, 0.717) is 24.2 Å². The van der Waals surface area contributed by atoms with Gasteiger partial charge in [-0.15, -0.1) is 0 Å². The lowest BCUT2D eigenvalue weighted by molar-refractivity contribution is -0.120. The molecule has 2 saturated carbocycles. The van der Waals surface area contributed by atoms with Gasteiger partial charge < -0.3 is 4.74 Å². The van der Waals surface area contributed by atoms with E-state index in [0.717, 1.165) is 23.8 Å². The summed E-state index contributed by atoms with van der Waals surface area (Å²) in [5, 5.41) is 0. The highest BCUT2D eigenvalue weighted by Crippen LogP contribution is 2.58. The Balaban J connectivity index is 1.86. The molecule has 0 aliphatic heterocycles. The fraction of sp³-hybridized carbons (Fsp3) is 0.562. The van der Waals surface area contributed by atoms with Crippen LogP contribution in [0.2, 0.25) is 0 Å². The molecule has 2 aliphatic rings. The molecule has 2 aliphatic carbocycles. The minimum absolute atomic E-state index is 0.239. The van der Waals surface area contributed by atoms with Gasteiger partial charge in [-0.05, 0) is 54.1 Å². The van der Waals surface area contributed by atoms with Gasteiger partial charge in [0.05, 0.1) is 0 Å². The van der Waals surface area contributed by atoms with E-state index < -0.39 is 0 Å². The number of ether oxygens (including phenoxy) is 1. The molecule has 0 saturated heterocycles. The van der Waals surface area contributed by atoms with Crippen LogP contribution in [0.1, 0.15) is 38.2 Å². The topological polar surface area (TPSA) is 26.3 Å². The second-order valence-corrected chi connectivity index (χ2v) is 6.12. The van der Waals surface area contributed by atoms with Crippen molar-refractivity contribution in [1.29, 1.82) is 0 Å². The molecular weight excluding hydrogens is 243 g/mol. The van der Waals surface area contributed by atoms with Crippen molar-refractivity contribution in [3.63, 3.8) is 0 Å². The summed E-state index contributed by atoms with van der Waals surface area (Å²) in [6, 6.07) is 4.80. The molecule has 19 heavy (non-hydrogen) atoms. The monoisotopic (exact) mass is 262 g/mol. The Morgan fingerprint density at radius 3 is 2.63 bits per heavy atom. The second-order valence-electron chi connectivity index (χ2n) is 6.12. The van der Waals surface area contributed by atoms with Gasteiger partial charge in [-0.25, -0.2) is 4.39 Å². The Morgan fingerprint density at radius 1 is 1.26 bits per heavy atom. The van der Waals surface area contributed by atoms with Crippen LogP contribution in [0.3, 0.4) is 0 Å². The highest BCUT2D eigenvalue weighted by molar-refractivity contribution is 5.46. The average Bonchev–Trinajstić information content (AvgIpc) is 2.91. The van der Waals surface area contributed by atoms with Crippen LogP contribution in [-0.4, -0.2) is 6.47 Å². The van der Waals surface area contributed by atoms with E-state index in [9.17, 15) is 9.18 Å². The van der Waals surface area contributed by atoms with Crippen molar-refractivity contribution in [3.05, 3.63) is 29.6 Å². The third kappa shape index (κ3) is 1.96. The highest BCUT2D eigenvalue weighted by Gasteiger charge is 2.49. The van der Waals surface area contributed by atoms with E-state index in [1.807, 2.05) is 0 Å². The minimum Gasteiger partial charge on any atom is -0.429 e. The summed E-state index contributed by atoms with van der Waals surface area (Å²) in [7, 11) is 0. The number of rotatable bonds is 3. The van der Waals surface area contributed by atoms with E-state index in [4.69, 9.17) is 0 Å². The maximum atomic E-state index is 14.2. The molecule has 0 spiro atoms. The first-order valence-electron chi connectivity index (χ1n) is 7.01. The minimum atomic E-state index is -0.239. The van der Waals surface area contributed by atoms with Gasteiger partial charge in [0.25, 0.3) is 6.47 Å². The Labute approximate surface area is 113 Å². The van der Waals surface area contributed by atoms with Crippen molar-refractivity contribution in [1.82, 2.24) is 0 Å². The summed E-state index contributed by atoms with van der Waals surface area (Å²) < 4.78 is 18.9. The van der Waals surface area contributed by atoms with Gasteiger partial charge in [0, 0.05) is 6.07 Å². The van der Waals surface area contributed by atoms with Gasteiger partial charge in [0.2, 0.25) is 0 Å². The zero-order valence-corrected chi connectivity index (χ0v) is 11.3. The van der Waals surface area contributed by atoms with Crippen LogP contribution in [0, 0.1) is 29.5 Å². The van der Waals surface area contributed by atoms with E-state index in [1.54, 1.807) is 12.1 Å². The molecular formula is C16H19FO2. The largest absolute Gasteiger partial charge is 0.429 e. The smallest absolute Gasteiger partial charge is 0.298 e. The molecule has 0 heterocycles. The van der Waals surface area contributed by atoms with Crippen LogP contribution in [0.25, 0.3) is 0 Å².